The van der Waals surface area contributed by atoms with Crippen molar-refractivity contribution < 1.29 is 15.0 Å². The van der Waals surface area contributed by atoms with Gasteiger partial charge in [-0.1, -0.05) is 6.92 Å². The molecule has 0 heterocycles. The lowest BCUT2D eigenvalue weighted by Crippen LogP contribution is -2.35. The van der Waals surface area contributed by atoms with E-state index < -0.39 is 23.9 Å². The quantitative estimate of drug-likeness (QED) is 0.584. The van der Waals surface area contributed by atoms with E-state index >= 15 is 0 Å². The molecule has 0 saturated heterocycles. The van der Waals surface area contributed by atoms with Gasteiger partial charge < -0.3 is 10.2 Å². The molecule has 0 aliphatic rings. The molecule has 0 fully saturated rings. The second-order valence-corrected chi connectivity index (χ2v) is 2.57. The highest BCUT2D eigenvalue weighted by molar-refractivity contribution is 6.64. The molecule has 2 N–H and O–H groups in total. The van der Waals surface area contributed by atoms with Crippen molar-refractivity contribution in [2.45, 2.75) is 13.3 Å². The van der Waals surface area contributed by atoms with Gasteiger partial charge in [0.25, 0.3) is 0 Å². The van der Waals surface area contributed by atoms with Gasteiger partial charge in [0.15, 0.2) is 0 Å². The van der Waals surface area contributed by atoms with E-state index in [9.17, 15) is 4.79 Å². The summed E-state index contributed by atoms with van der Waals surface area (Å²) in [4.78, 5) is 10.6. The van der Waals surface area contributed by atoms with Gasteiger partial charge in [-0.15, -0.1) is 0 Å². The second kappa shape index (κ2) is 3.91. The monoisotopic (exact) mass is 166 g/mol. The first-order valence-corrected chi connectivity index (χ1v) is 3.42. The van der Waals surface area contributed by atoms with E-state index in [4.69, 9.17) is 21.8 Å². The number of aliphatic hydroxyl groups is 2. The Morgan fingerprint density at radius 2 is 1.90 bits per heavy atom. The van der Waals surface area contributed by atoms with Crippen molar-refractivity contribution in [3.05, 3.63) is 0 Å². The van der Waals surface area contributed by atoms with Crippen molar-refractivity contribution in [2.75, 3.05) is 13.2 Å². The average Bonchev–Trinajstić information content (AvgIpc) is 1.92. The van der Waals surface area contributed by atoms with E-state index in [-0.39, 0.29) is 0 Å². The summed E-state index contributed by atoms with van der Waals surface area (Å²) in [6.07, 6.45) is 0.350. The first kappa shape index (κ1) is 9.88. The fraction of sp³-hybridized carbons (Fsp3) is 0.833. The van der Waals surface area contributed by atoms with Crippen LogP contribution in [-0.4, -0.2) is 28.7 Å². The first-order chi connectivity index (χ1) is 4.63. The van der Waals surface area contributed by atoms with E-state index in [0.717, 1.165) is 0 Å². The maximum atomic E-state index is 10.6. The number of hydrogen-bond donors (Lipinski definition) is 2. The van der Waals surface area contributed by atoms with Crippen LogP contribution in [0.4, 0.5) is 0 Å². The minimum absolute atomic E-state index is 0.350. The number of hydrogen-bond acceptors (Lipinski definition) is 3. The molecule has 0 bridgehead atoms. The fourth-order valence-electron chi connectivity index (χ4n) is 0.537. The molecule has 0 aliphatic heterocycles. The van der Waals surface area contributed by atoms with Crippen molar-refractivity contribution in [3.63, 3.8) is 0 Å². The van der Waals surface area contributed by atoms with Gasteiger partial charge in [0, 0.05) is 0 Å². The van der Waals surface area contributed by atoms with Gasteiger partial charge in [0.05, 0.1) is 18.6 Å². The van der Waals surface area contributed by atoms with Crippen molar-refractivity contribution in [1.29, 1.82) is 0 Å². The molecule has 0 aromatic carbocycles. The lowest BCUT2D eigenvalue weighted by molar-refractivity contribution is -0.125. The van der Waals surface area contributed by atoms with Crippen LogP contribution >= 0.6 is 11.6 Å². The molecule has 0 aromatic heterocycles. The van der Waals surface area contributed by atoms with E-state index in [0.29, 0.717) is 6.42 Å². The number of carbonyl (C=O) groups is 1. The molecule has 10 heavy (non-hydrogen) atoms. The molecule has 60 valence electrons. The second-order valence-electron chi connectivity index (χ2n) is 2.22. The molecule has 0 amide bonds. The Bertz CT molecular complexity index is 112. The Morgan fingerprint density at radius 1 is 1.50 bits per heavy atom. The Kier molecular flexibility index (Phi) is 3.86. The molecule has 0 aromatic rings. The third-order valence-electron chi connectivity index (χ3n) is 1.70. The van der Waals surface area contributed by atoms with Crippen LogP contribution < -0.4 is 0 Å². The van der Waals surface area contributed by atoms with Crippen LogP contribution in [0.3, 0.4) is 0 Å². The third-order valence-corrected chi connectivity index (χ3v) is 2.10. The van der Waals surface area contributed by atoms with Crippen molar-refractivity contribution >= 4 is 16.8 Å². The molecule has 3 nitrogen and oxygen atoms in total. The van der Waals surface area contributed by atoms with Gasteiger partial charge in [-0.2, -0.15) is 0 Å². The summed E-state index contributed by atoms with van der Waals surface area (Å²) in [5.74, 6) is 0. The van der Waals surface area contributed by atoms with Crippen molar-refractivity contribution in [2.24, 2.45) is 5.41 Å². The van der Waals surface area contributed by atoms with E-state index in [1.165, 1.54) is 0 Å². The van der Waals surface area contributed by atoms with Crippen LogP contribution in [0.2, 0.25) is 0 Å². The zero-order chi connectivity index (χ0) is 8.20. The highest BCUT2D eigenvalue weighted by atomic mass is 35.5. The normalized spacial score (nSPS) is 11.6. The Labute approximate surface area is 64.6 Å². The molecule has 0 spiro atoms. The molecule has 0 unspecified atom stereocenters. The predicted octanol–water partition coefficient (Wildman–Crippen LogP) is 0.133. The molecular weight excluding hydrogens is 156 g/mol. The predicted molar refractivity (Wildman–Crippen MR) is 37.8 cm³/mol. The Hall–Kier alpha value is -0.120. The van der Waals surface area contributed by atoms with Crippen molar-refractivity contribution in [1.82, 2.24) is 0 Å². The van der Waals surface area contributed by atoms with Crippen LogP contribution in [0.15, 0.2) is 0 Å². The summed E-state index contributed by atoms with van der Waals surface area (Å²) in [5, 5.41) is 16.7. The SMILES string of the molecule is CCC(CO)(CO)C(=O)Cl. The molecule has 0 rings (SSSR count). The van der Waals surface area contributed by atoms with Crippen molar-refractivity contribution in [3.8, 4) is 0 Å². The molecule has 4 heteroatoms. The maximum absolute atomic E-state index is 10.6. The average molecular weight is 167 g/mol. The summed E-state index contributed by atoms with van der Waals surface area (Å²) < 4.78 is 0. The zero-order valence-electron chi connectivity index (χ0n) is 5.80. The lowest BCUT2D eigenvalue weighted by Gasteiger charge is -2.22. The maximum Gasteiger partial charge on any atom is 0.232 e. The van der Waals surface area contributed by atoms with Gasteiger partial charge in [0.2, 0.25) is 5.24 Å². The number of rotatable bonds is 4. The van der Waals surface area contributed by atoms with E-state index in [2.05, 4.69) is 0 Å². The molecular formula is C6H11ClO3. The largest absolute Gasteiger partial charge is 0.395 e. The summed E-state index contributed by atoms with van der Waals surface area (Å²) >= 11 is 5.14. The molecule has 0 aliphatic carbocycles. The zero-order valence-corrected chi connectivity index (χ0v) is 6.56. The topological polar surface area (TPSA) is 57.5 Å². The van der Waals surface area contributed by atoms with Crippen LogP contribution in [0, 0.1) is 5.41 Å². The number of aliphatic hydroxyl groups excluding tert-OH is 2. The van der Waals surface area contributed by atoms with Gasteiger partial charge in [0.1, 0.15) is 0 Å². The minimum atomic E-state index is -1.14. The Morgan fingerprint density at radius 3 is 1.90 bits per heavy atom. The van der Waals surface area contributed by atoms with Gasteiger partial charge in [-0.25, -0.2) is 0 Å². The summed E-state index contributed by atoms with van der Waals surface area (Å²) in [5.41, 5.74) is -1.14. The molecule has 0 saturated carbocycles. The summed E-state index contributed by atoms with van der Waals surface area (Å²) in [6.45, 7) is 0.886. The molecule has 0 atom stereocenters. The van der Waals surface area contributed by atoms with Crippen LogP contribution in [0.5, 0.6) is 0 Å². The number of halogens is 1. The highest BCUT2D eigenvalue weighted by Crippen LogP contribution is 2.23. The van der Waals surface area contributed by atoms with E-state index in [1.54, 1.807) is 6.92 Å². The van der Waals surface area contributed by atoms with Gasteiger partial charge >= 0.3 is 0 Å². The highest BCUT2D eigenvalue weighted by Gasteiger charge is 2.33. The summed E-state index contributed by atoms with van der Waals surface area (Å²) in [6, 6.07) is 0. The number of carbonyl (C=O) groups excluding carboxylic acids is 1. The van der Waals surface area contributed by atoms with Crippen LogP contribution in [0.1, 0.15) is 13.3 Å². The van der Waals surface area contributed by atoms with Gasteiger partial charge in [-0.3, -0.25) is 4.79 Å². The van der Waals surface area contributed by atoms with Crippen LogP contribution in [0.25, 0.3) is 0 Å². The lowest BCUT2D eigenvalue weighted by atomic mass is 9.89. The third kappa shape index (κ3) is 1.68. The smallest absolute Gasteiger partial charge is 0.232 e. The van der Waals surface area contributed by atoms with Gasteiger partial charge in [-0.05, 0) is 18.0 Å². The standard InChI is InChI=1S/C6H11ClO3/c1-2-6(3-8,4-9)5(7)10/h8-9H,2-4H2,1H3. The molecule has 0 radical (unpaired) electrons. The first-order valence-electron chi connectivity index (χ1n) is 3.04. The summed E-state index contributed by atoms with van der Waals surface area (Å²) in [7, 11) is 0. The fourth-order valence-corrected chi connectivity index (χ4v) is 0.790. The van der Waals surface area contributed by atoms with Crippen LogP contribution in [-0.2, 0) is 4.79 Å². The Balaban J connectivity index is 4.31. The minimum Gasteiger partial charge on any atom is -0.395 e. The van der Waals surface area contributed by atoms with E-state index in [1.807, 2.05) is 0 Å².